The summed E-state index contributed by atoms with van der Waals surface area (Å²) in [6.07, 6.45) is 25.4. The summed E-state index contributed by atoms with van der Waals surface area (Å²) < 4.78 is 43.9. The minimum atomic E-state index is -0.401. The molecule has 0 unspecified atom stereocenters. The second-order valence-electron chi connectivity index (χ2n) is 19.3. The lowest BCUT2D eigenvalue weighted by atomic mass is 9.77. The normalized spacial score (nSPS) is 16.9. The van der Waals surface area contributed by atoms with E-state index in [1.54, 1.807) is 39.8 Å². The maximum absolute atomic E-state index is 7.77. The molecule has 0 atom stereocenters. The highest BCUT2D eigenvalue weighted by atomic mass is 79.9. The standard InChI is InChI=1S/C25H21N5O.C16H15BrN4O.C15H18BNO2/c1-2-6-18(5-1)31-19-10-11-23(27-14-19)17-13-28-25-22(15-29-30(25)16-17)20-7-3-9-24-21(20)8-4-12-26-24;17-14-9-20-21-10-11(7-19-16(14)21)15-6-5-13(8-18-15)22-12-3-1-2-4-12;1-14(2)15(3,4)19-16(18-14)12-8-5-9-13-11(12)7-6-10-17-13/h3-4,7-16,18H,1-2,5-6H2;5-10,12H,1-4H2;5-10H,1-4H3/i12D;;10D. The van der Waals surface area contributed by atoms with Gasteiger partial charge in [-0.1, -0.05) is 36.4 Å². The Balaban J connectivity index is 0.000000124. The minimum Gasteiger partial charge on any atom is -0.489 e. The van der Waals surface area contributed by atoms with Crippen molar-refractivity contribution < 1.29 is 21.5 Å². The molecule has 0 amide bonds. The van der Waals surface area contributed by atoms with Crippen molar-refractivity contribution in [3.05, 3.63) is 151 Å². The van der Waals surface area contributed by atoms with Crippen LogP contribution in [0.2, 0.25) is 0 Å². The van der Waals surface area contributed by atoms with Crippen molar-refractivity contribution in [1.29, 1.82) is 0 Å². The van der Waals surface area contributed by atoms with Gasteiger partial charge in [0, 0.05) is 59.2 Å². The lowest BCUT2D eigenvalue weighted by molar-refractivity contribution is 0.00578. The lowest BCUT2D eigenvalue weighted by Crippen LogP contribution is -2.41. The Morgan fingerprint density at radius 2 is 1.08 bits per heavy atom. The molecular formula is C56H54BBrN10O4. The molecule has 9 heterocycles. The number of benzene rings is 2. The van der Waals surface area contributed by atoms with Crippen LogP contribution in [0, 0.1) is 0 Å². The summed E-state index contributed by atoms with van der Waals surface area (Å²) in [5.74, 6) is 1.66. The smallest absolute Gasteiger partial charge is 0.489 e. The van der Waals surface area contributed by atoms with Crippen LogP contribution >= 0.6 is 15.9 Å². The van der Waals surface area contributed by atoms with E-state index in [4.69, 9.17) is 26.5 Å². The van der Waals surface area contributed by atoms with Gasteiger partial charge < -0.3 is 18.8 Å². The van der Waals surface area contributed by atoms with Gasteiger partial charge in [0.15, 0.2) is 11.3 Å². The van der Waals surface area contributed by atoms with Gasteiger partial charge in [-0.2, -0.15) is 10.2 Å². The molecule has 2 aliphatic carbocycles. The number of rotatable bonds is 8. The van der Waals surface area contributed by atoms with Crippen LogP contribution in [-0.4, -0.2) is 79.7 Å². The maximum Gasteiger partial charge on any atom is 0.495 e. The third-order valence-corrected chi connectivity index (χ3v) is 14.5. The highest BCUT2D eigenvalue weighted by molar-refractivity contribution is 9.10. The summed E-state index contributed by atoms with van der Waals surface area (Å²) in [4.78, 5) is 26.7. The van der Waals surface area contributed by atoms with Crippen LogP contribution in [0.25, 0.3) is 66.7 Å². The molecule has 3 fully saturated rings. The van der Waals surface area contributed by atoms with Gasteiger partial charge in [0.25, 0.3) is 0 Å². The van der Waals surface area contributed by atoms with Crippen molar-refractivity contribution >= 4 is 61.6 Å². The average molecular weight is 1020 g/mol. The first-order chi connectivity index (χ1) is 35.8. The monoisotopic (exact) mass is 1020 g/mol. The van der Waals surface area contributed by atoms with E-state index in [1.165, 1.54) is 25.7 Å². The third kappa shape index (κ3) is 9.90. The van der Waals surface area contributed by atoms with E-state index in [9.17, 15) is 0 Å². The maximum atomic E-state index is 7.77. The summed E-state index contributed by atoms with van der Waals surface area (Å²) in [5.41, 5.74) is 8.81. The molecule has 1 saturated heterocycles. The number of hydrogen-bond acceptors (Lipinski definition) is 12. The molecule has 0 spiro atoms. The van der Waals surface area contributed by atoms with Crippen molar-refractivity contribution in [2.45, 2.75) is 102 Å². The number of ether oxygens (including phenoxy) is 2. The van der Waals surface area contributed by atoms with Crippen LogP contribution < -0.4 is 14.9 Å². The zero-order chi connectivity index (χ0) is 51.0. The molecule has 8 aromatic heterocycles. The van der Waals surface area contributed by atoms with Gasteiger partial charge in [0.05, 0.1) is 77.8 Å². The fourth-order valence-electron chi connectivity index (χ4n) is 9.35. The van der Waals surface area contributed by atoms with Crippen molar-refractivity contribution in [2.75, 3.05) is 0 Å². The summed E-state index contributed by atoms with van der Waals surface area (Å²) in [5, 5.41) is 10.7. The van der Waals surface area contributed by atoms with Gasteiger partial charge >= 0.3 is 7.12 Å². The molecule has 362 valence electrons. The first kappa shape index (κ1) is 44.8. The van der Waals surface area contributed by atoms with Crippen LogP contribution in [0.1, 0.15) is 81.8 Å². The van der Waals surface area contributed by atoms with Crippen molar-refractivity contribution in [3.8, 4) is 45.1 Å². The van der Waals surface area contributed by atoms with Crippen molar-refractivity contribution in [1.82, 2.24) is 49.1 Å². The van der Waals surface area contributed by atoms with E-state index in [0.717, 1.165) is 114 Å². The summed E-state index contributed by atoms with van der Waals surface area (Å²) in [6, 6.07) is 26.8. The molecule has 3 aliphatic rings. The predicted molar refractivity (Wildman–Crippen MR) is 284 cm³/mol. The molecule has 10 aromatic rings. The molecule has 1 aliphatic heterocycles. The predicted octanol–water partition coefficient (Wildman–Crippen LogP) is 11.7. The topological polar surface area (TPSA) is 149 Å². The van der Waals surface area contributed by atoms with E-state index < -0.39 is 7.12 Å². The lowest BCUT2D eigenvalue weighted by Gasteiger charge is -2.32. The summed E-state index contributed by atoms with van der Waals surface area (Å²) >= 11 is 3.42. The second kappa shape index (κ2) is 20.2. The van der Waals surface area contributed by atoms with E-state index >= 15 is 0 Å². The molecule has 0 N–H and O–H groups in total. The SMILES string of the molecule is Brc1cnn2cc(-c3ccc(OC4CCCC4)cn3)cnc12.[2H]c1ccc2c(-c3cnn4cc(-c5ccc(OC6CCCC6)cn5)cnc34)cccc2n1.[2H]c1ccc2c(B3OC(C)(C)C(C)(C)O3)cccc2n1. The van der Waals surface area contributed by atoms with E-state index in [1.807, 2.05) is 131 Å². The molecule has 13 rings (SSSR count). The summed E-state index contributed by atoms with van der Waals surface area (Å²) in [7, 11) is -0.401. The number of fused-ring (bicyclic) bond motifs is 4. The van der Waals surface area contributed by atoms with Crippen LogP contribution in [0.5, 0.6) is 11.5 Å². The number of aromatic nitrogens is 10. The quantitative estimate of drug-likeness (QED) is 0.133. The number of hydrogen-bond donors (Lipinski definition) is 0. The fraction of sp³-hybridized carbons (Fsp3) is 0.286. The van der Waals surface area contributed by atoms with E-state index in [-0.39, 0.29) is 23.5 Å². The minimum absolute atomic E-state index is 0.254. The Morgan fingerprint density at radius 3 is 1.67 bits per heavy atom. The van der Waals surface area contributed by atoms with Gasteiger partial charge in [0.2, 0.25) is 0 Å². The molecule has 2 saturated carbocycles. The Bertz CT molecular complexity index is 3610. The molecule has 0 radical (unpaired) electrons. The molecule has 16 heteroatoms. The van der Waals surface area contributed by atoms with Crippen LogP contribution in [-0.2, 0) is 9.31 Å². The van der Waals surface area contributed by atoms with Gasteiger partial charge in [0.1, 0.15) is 11.5 Å². The van der Waals surface area contributed by atoms with Crippen molar-refractivity contribution in [2.24, 2.45) is 0 Å². The largest absolute Gasteiger partial charge is 0.495 e. The highest BCUT2D eigenvalue weighted by Gasteiger charge is 2.52. The first-order valence-electron chi connectivity index (χ1n) is 25.5. The number of nitrogens with zero attached hydrogens (tertiary/aromatic N) is 10. The number of halogens is 1. The van der Waals surface area contributed by atoms with Crippen LogP contribution in [0.15, 0.2) is 151 Å². The Labute approximate surface area is 429 Å². The van der Waals surface area contributed by atoms with Crippen LogP contribution in [0.4, 0.5) is 0 Å². The zero-order valence-electron chi connectivity index (χ0n) is 42.6. The second-order valence-corrected chi connectivity index (χ2v) is 20.2. The molecule has 72 heavy (non-hydrogen) atoms. The van der Waals surface area contributed by atoms with E-state index in [0.29, 0.717) is 12.2 Å². The summed E-state index contributed by atoms with van der Waals surface area (Å²) in [6.45, 7) is 8.16. The molecule has 14 nitrogen and oxygen atoms in total. The molecule has 0 bridgehead atoms. The van der Waals surface area contributed by atoms with Crippen LogP contribution in [0.3, 0.4) is 0 Å². The zero-order valence-corrected chi connectivity index (χ0v) is 42.2. The Morgan fingerprint density at radius 1 is 0.556 bits per heavy atom. The Kier molecular flexibility index (Phi) is 12.5. The highest BCUT2D eigenvalue weighted by Crippen LogP contribution is 2.37. The number of pyridine rings is 4. The fourth-order valence-corrected chi connectivity index (χ4v) is 9.73. The van der Waals surface area contributed by atoms with Gasteiger partial charge in [-0.25, -0.2) is 19.0 Å². The first-order valence-corrected chi connectivity index (χ1v) is 25.3. The average Bonchev–Trinajstić information content (AvgIpc) is 4.28. The molecule has 2 aromatic carbocycles. The van der Waals surface area contributed by atoms with Crippen molar-refractivity contribution in [3.63, 3.8) is 0 Å². The third-order valence-electron chi connectivity index (χ3n) is 14.0. The Hall–Kier alpha value is -7.14. The molecular weight excluding hydrogens is 967 g/mol. The van der Waals surface area contributed by atoms with Gasteiger partial charge in [-0.15, -0.1) is 0 Å². The van der Waals surface area contributed by atoms with Gasteiger partial charge in [-0.3, -0.25) is 19.9 Å². The van der Waals surface area contributed by atoms with Gasteiger partial charge in [-0.05, 0) is 160 Å². The van der Waals surface area contributed by atoms with E-state index in [2.05, 4.69) is 51.0 Å².